The van der Waals surface area contributed by atoms with E-state index >= 15 is 0 Å². The topological polar surface area (TPSA) is 49.4 Å². The van der Waals surface area contributed by atoms with Gasteiger partial charge in [0.1, 0.15) is 11.9 Å². The molecule has 1 heterocycles. The summed E-state index contributed by atoms with van der Waals surface area (Å²) >= 11 is 1.56. The summed E-state index contributed by atoms with van der Waals surface area (Å²) in [6.45, 7) is 4.64. The van der Waals surface area contributed by atoms with Gasteiger partial charge in [0.05, 0.1) is 5.88 Å². The van der Waals surface area contributed by atoms with Gasteiger partial charge in [-0.25, -0.2) is 4.39 Å². The highest BCUT2D eigenvalue weighted by molar-refractivity contribution is 7.99. The fraction of sp³-hybridized carbons (Fsp3) is 0.412. The molecular formula is C17H21FN2O2S. The van der Waals surface area contributed by atoms with Crippen LogP contribution in [0.1, 0.15) is 19.4 Å². The fourth-order valence-corrected chi connectivity index (χ4v) is 3.34. The molecule has 1 saturated heterocycles. The van der Waals surface area contributed by atoms with Gasteiger partial charge in [-0.2, -0.15) is 0 Å². The van der Waals surface area contributed by atoms with E-state index in [1.807, 2.05) is 13.8 Å². The Morgan fingerprint density at radius 2 is 2.26 bits per heavy atom. The lowest BCUT2D eigenvalue weighted by molar-refractivity contribution is -0.134. The molecule has 0 aromatic heterocycles. The molecule has 1 unspecified atom stereocenters. The summed E-state index contributed by atoms with van der Waals surface area (Å²) in [6.07, 6.45) is 2.96. The van der Waals surface area contributed by atoms with Crippen LogP contribution in [0.5, 0.6) is 0 Å². The standard InChI is InChI=1S/C17H21FN2O2S/c1-12(2)9-19-17(22)15-10-23-11-20(15)16(21)7-6-13-4-3-5-14(18)8-13/h3-8,12,15H,9-11H2,1-2H3,(H,19,22). The first-order valence-electron chi connectivity index (χ1n) is 7.57. The Morgan fingerprint density at radius 3 is 2.96 bits per heavy atom. The molecule has 1 atom stereocenters. The fourth-order valence-electron chi connectivity index (χ4n) is 2.17. The Morgan fingerprint density at radius 1 is 1.48 bits per heavy atom. The van der Waals surface area contributed by atoms with Gasteiger partial charge in [-0.15, -0.1) is 11.8 Å². The van der Waals surface area contributed by atoms with Crippen molar-refractivity contribution < 1.29 is 14.0 Å². The molecule has 1 aromatic rings. The van der Waals surface area contributed by atoms with E-state index < -0.39 is 6.04 Å². The number of benzene rings is 1. The molecule has 2 rings (SSSR count). The van der Waals surface area contributed by atoms with Crippen molar-refractivity contribution in [3.63, 3.8) is 0 Å². The van der Waals surface area contributed by atoms with Gasteiger partial charge in [-0.3, -0.25) is 9.59 Å². The Labute approximate surface area is 140 Å². The third-order valence-electron chi connectivity index (χ3n) is 3.42. The van der Waals surface area contributed by atoms with E-state index in [1.54, 1.807) is 34.9 Å². The highest BCUT2D eigenvalue weighted by atomic mass is 32.2. The molecule has 0 spiro atoms. The van der Waals surface area contributed by atoms with Gasteiger partial charge in [0.25, 0.3) is 0 Å². The van der Waals surface area contributed by atoms with Gasteiger partial charge in [0.2, 0.25) is 11.8 Å². The number of nitrogens with one attached hydrogen (secondary N) is 1. The van der Waals surface area contributed by atoms with E-state index in [0.29, 0.717) is 29.7 Å². The molecule has 0 saturated carbocycles. The quantitative estimate of drug-likeness (QED) is 0.841. The average Bonchev–Trinajstić information content (AvgIpc) is 3.00. The average molecular weight is 336 g/mol. The summed E-state index contributed by atoms with van der Waals surface area (Å²) in [4.78, 5) is 26.1. The minimum atomic E-state index is -0.441. The Balaban J connectivity index is 1.98. The van der Waals surface area contributed by atoms with Crippen LogP contribution < -0.4 is 5.32 Å². The number of thioether (sulfide) groups is 1. The van der Waals surface area contributed by atoms with Crippen LogP contribution >= 0.6 is 11.8 Å². The van der Waals surface area contributed by atoms with Crippen molar-refractivity contribution in [1.82, 2.24) is 10.2 Å². The Hall–Kier alpha value is -1.82. The number of hydrogen-bond acceptors (Lipinski definition) is 3. The SMILES string of the molecule is CC(C)CNC(=O)C1CSCN1C(=O)C=Cc1cccc(F)c1. The van der Waals surface area contributed by atoms with Crippen LogP contribution in [-0.2, 0) is 9.59 Å². The van der Waals surface area contributed by atoms with E-state index in [2.05, 4.69) is 5.32 Å². The second-order valence-electron chi connectivity index (χ2n) is 5.85. The van der Waals surface area contributed by atoms with E-state index in [-0.39, 0.29) is 17.6 Å². The molecule has 6 heteroatoms. The van der Waals surface area contributed by atoms with Crippen molar-refractivity contribution in [2.75, 3.05) is 18.2 Å². The number of carbonyl (C=O) groups is 2. The van der Waals surface area contributed by atoms with Gasteiger partial charge in [-0.1, -0.05) is 26.0 Å². The lowest BCUT2D eigenvalue weighted by Gasteiger charge is -2.22. The Bertz CT molecular complexity index is 604. The largest absolute Gasteiger partial charge is 0.354 e. The maximum Gasteiger partial charge on any atom is 0.247 e. The first kappa shape index (κ1) is 17.5. The van der Waals surface area contributed by atoms with Crippen LogP contribution in [-0.4, -0.2) is 40.9 Å². The maximum atomic E-state index is 13.1. The second-order valence-corrected chi connectivity index (χ2v) is 6.85. The zero-order valence-electron chi connectivity index (χ0n) is 13.3. The Kier molecular flexibility index (Phi) is 6.21. The van der Waals surface area contributed by atoms with Crippen molar-refractivity contribution in [3.05, 3.63) is 41.7 Å². The number of halogens is 1. The second kappa shape index (κ2) is 8.15. The normalized spacial score (nSPS) is 17.9. The lowest BCUT2D eigenvalue weighted by Crippen LogP contribution is -2.47. The zero-order chi connectivity index (χ0) is 16.8. The van der Waals surface area contributed by atoms with Crippen LogP contribution in [0, 0.1) is 11.7 Å². The number of hydrogen-bond donors (Lipinski definition) is 1. The molecule has 2 amide bonds. The molecule has 124 valence electrons. The number of amides is 2. The monoisotopic (exact) mass is 336 g/mol. The summed E-state index contributed by atoms with van der Waals surface area (Å²) in [5.74, 6) is 0.766. The first-order chi connectivity index (χ1) is 11.0. The first-order valence-corrected chi connectivity index (χ1v) is 8.72. The van der Waals surface area contributed by atoms with E-state index in [9.17, 15) is 14.0 Å². The molecule has 1 aromatic carbocycles. The number of nitrogens with zero attached hydrogens (tertiary/aromatic N) is 1. The third-order valence-corrected chi connectivity index (χ3v) is 4.43. The highest BCUT2D eigenvalue weighted by Crippen LogP contribution is 2.21. The van der Waals surface area contributed by atoms with Crippen LogP contribution in [0.15, 0.2) is 30.3 Å². The molecule has 0 radical (unpaired) electrons. The minimum absolute atomic E-state index is 0.115. The molecule has 23 heavy (non-hydrogen) atoms. The van der Waals surface area contributed by atoms with Crippen molar-refractivity contribution in [1.29, 1.82) is 0 Å². The van der Waals surface area contributed by atoms with Gasteiger partial charge in [0, 0.05) is 18.4 Å². The lowest BCUT2D eigenvalue weighted by atomic mass is 10.2. The third kappa shape index (κ3) is 5.10. The zero-order valence-corrected chi connectivity index (χ0v) is 14.1. The molecule has 4 nitrogen and oxygen atoms in total. The summed E-state index contributed by atoms with van der Waals surface area (Å²) in [6, 6.07) is 5.58. The van der Waals surface area contributed by atoms with Crippen molar-refractivity contribution in [2.45, 2.75) is 19.9 Å². The van der Waals surface area contributed by atoms with E-state index in [1.165, 1.54) is 18.2 Å². The molecule has 1 aliphatic heterocycles. The summed E-state index contributed by atoms with van der Waals surface area (Å²) < 4.78 is 13.1. The predicted octanol–water partition coefficient (Wildman–Crippen LogP) is 2.51. The number of rotatable bonds is 5. The van der Waals surface area contributed by atoms with Crippen molar-refractivity contribution >= 4 is 29.7 Å². The van der Waals surface area contributed by atoms with Crippen LogP contribution in [0.25, 0.3) is 6.08 Å². The van der Waals surface area contributed by atoms with E-state index in [0.717, 1.165) is 0 Å². The molecular weight excluding hydrogens is 315 g/mol. The smallest absolute Gasteiger partial charge is 0.247 e. The van der Waals surface area contributed by atoms with Crippen LogP contribution in [0.4, 0.5) is 4.39 Å². The van der Waals surface area contributed by atoms with Crippen molar-refractivity contribution in [3.8, 4) is 0 Å². The van der Waals surface area contributed by atoms with E-state index in [4.69, 9.17) is 0 Å². The molecule has 1 fully saturated rings. The van der Waals surface area contributed by atoms with Crippen LogP contribution in [0.2, 0.25) is 0 Å². The summed E-state index contributed by atoms with van der Waals surface area (Å²) in [5.41, 5.74) is 0.617. The molecule has 0 bridgehead atoms. The molecule has 1 aliphatic rings. The summed E-state index contributed by atoms with van der Waals surface area (Å²) in [7, 11) is 0. The van der Waals surface area contributed by atoms with Gasteiger partial charge < -0.3 is 10.2 Å². The van der Waals surface area contributed by atoms with Crippen LogP contribution in [0.3, 0.4) is 0 Å². The molecule has 1 N–H and O–H groups in total. The van der Waals surface area contributed by atoms with Gasteiger partial charge >= 0.3 is 0 Å². The van der Waals surface area contributed by atoms with Gasteiger partial charge in [0.15, 0.2) is 0 Å². The number of carbonyl (C=O) groups excluding carboxylic acids is 2. The molecule has 0 aliphatic carbocycles. The van der Waals surface area contributed by atoms with Crippen molar-refractivity contribution in [2.24, 2.45) is 5.92 Å². The minimum Gasteiger partial charge on any atom is -0.354 e. The maximum absolute atomic E-state index is 13.1. The summed E-state index contributed by atoms with van der Waals surface area (Å²) in [5, 5.41) is 2.87. The predicted molar refractivity (Wildman–Crippen MR) is 91.2 cm³/mol. The van der Waals surface area contributed by atoms with Gasteiger partial charge in [-0.05, 0) is 29.7 Å². The highest BCUT2D eigenvalue weighted by Gasteiger charge is 2.33.